The van der Waals surface area contributed by atoms with Crippen LogP contribution in [0.25, 0.3) is 0 Å². The Morgan fingerprint density at radius 2 is 2.12 bits per heavy atom. The topological polar surface area (TPSA) is 75.7 Å². The number of piperazine rings is 1. The molecule has 1 unspecified atom stereocenters. The van der Waals surface area contributed by atoms with E-state index in [1.165, 1.54) is 0 Å². The van der Waals surface area contributed by atoms with Crippen LogP contribution in [0.15, 0.2) is 18.3 Å². The second kappa shape index (κ2) is 7.27. The van der Waals surface area contributed by atoms with E-state index >= 15 is 0 Å². The summed E-state index contributed by atoms with van der Waals surface area (Å²) in [6, 6.07) is 3.94. The smallest absolute Gasteiger partial charge is 0.254 e. The number of rotatable bonds is 3. The van der Waals surface area contributed by atoms with E-state index in [2.05, 4.69) is 20.5 Å². The quantitative estimate of drug-likeness (QED) is 0.851. The van der Waals surface area contributed by atoms with E-state index in [1.54, 1.807) is 6.20 Å². The largest absolute Gasteiger partial charge is 0.381 e. The molecule has 7 heteroatoms. The SMILES string of the molecule is O=C(Nc1cc(N2CCNCC2)ccn1)C1CC2(CCOCC2)CO1. The van der Waals surface area contributed by atoms with Crippen LogP contribution in [0.4, 0.5) is 11.5 Å². The lowest BCUT2D eigenvalue weighted by Gasteiger charge is -2.31. The van der Waals surface area contributed by atoms with Crippen LogP contribution >= 0.6 is 0 Å². The van der Waals surface area contributed by atoms with Crippen molar-refractivity contribution in [3.05, 3.63) is 18.3 Å². The second-order valence-electron chi connectivity index (χ2n) is 7.24. The highest BCUT2D eigenvalue weighted by Gasteiger charge is 2.43. The van der Waals surface area contributed by atoms with Crippen LogP contribution in [-0.2, 0) is 14.3 Å². The number of amides is 1. The molecule has 0 aromatic carbocycles. The Kier molecular flexibility index (Phi) is 4.87. The second-order valence-corrected chi connectivity index (χ2v) is 7.24. The summed E-state index contributed by atoms with van der Waals surface area (Å²) >= 11 is 0. The van der Waals surface area contributed by atoms with Gasteiger partial charge in [0.05, 0.1) is 6.61 Å². The summed E-state index contributed by atoms with van der Waals surface area (Å²) in [5.41, 5.74) is 1.22. The minimum atomic E-state index is -0.386. The fraction of sp³-hybridized carbons (Fsp3) is 0.667. The first-order valence-electron chi connectivity index (χ1n) is 9.16. The minimum Gasteiger partial charge on any atom is -0.381 e. The maximum atomic E-state index is 12.6. The van der Waals surface area contributed by atoms with Crippen molar-refractivity contribution in [3.63, 3.8) is 0 Å². The van der Waals surface area contributed by atoms with Crippen LogP contribution in [0.1, 0.15) is 19.3 Å². The van der Waals surface area contributed by atoms with Crippen molar-refractivity contribution in [1.29, 1.82) is 0 Å². The molecule has 0 aliphatic carbocycles. The zero-order valence-electron chi connectivity index (χ0n) is 14.5. The molecule has 4 rings (SSSR count). The van der Waals surface area contributed by atoms with Crippen molar-refractivity contribution in [3.8, 4) is 0 Å². The van der Waals surface area contributed by atoms with Gasteiger partial charge in [0, 0.05) is 62.8 Å². The molecule has 1 spiro atoms. The van der Waals surface area contributed by atoms with Crippen molar-refractivity contribution >= 4 is 17.4 Å². The van der Waals surface area contributed by atoms with E-state index < -0.39 is 0 Å². The van der Waals surface area contributed by atoms with Crippen LogP contribution in [-0.4, -0.2) is 63.0 Å². The number of pyridine rings is 1. The molecule has 3 aliphatic rings. The summed E-state index contributed by atoms with van der Waals surface area (Å²) in [5.74, 6) is 0.505. The van der Waals surface area contributed by atoms with Gasteiger partial charge in [0.25, 0.3) is 5.91 Å². The minimum absolute atomic E-state index is 0.0895. The lowest BCUT2D eigenvalue weighted by molar-refractivity contribution is -0.124. The van der Waals surface area contributed by atoms with Gasteiger partial charge in [0.15, 0.2) is 0 Å². The summed E-state index contributed by atoms with van der Waals surface area (Å²) in [7, 11) is 0. The summed E-state index contributed by atoms with van der Waals surface area (Å²) in [6.07, 6.45) is 4.10. The summed E-state index contributed by atoms with van der Waals surface area (Å²) < 4.78 is 11.3. The third kappa shape index (κ3) is 3.78. The van der Waals surface area contributed by atoms with Crippen LogP contribution in [0.3, 0.4) is 0 Å². The van der Waals surface area contributed by atoms with Gasteiger partial charge in [0.1, 0.15) is 11.9 Å². The Morgan fingerprint density at radius 3 is 2.92 bits per heavy atom. The van der Waals surface area contributed by atoms with Gasteiger partial charge < -0.3 is 25.0 Å². The maximum absolute atomic E-state index is 12.6. The van der Waals surface area contributed by atoms with E-state index in [0.29, 0.717) is 12.4 Å². The molecule has 3 aliphatic heterocycles. The molecule has 1 amide bonds. The zero-order chi connectivity index (χ0) is 17.1. The van der Waals surface area contributed by atoms with E-state index in [9.17, 15) is 4.79 Å². The number of ether oxygens (including phenoxy) is 2. The van der Waals surface area contributed by atoms with Gasteiger partial charge in [-0.1, -0.05) is 0 Å². The number of aromatic nitrogens is 1. The molecule has 0 bridgehead atoms. The first kappa shape index (κ1) is 16.8. The lowest BCUT2D eigenvalue weighted by Crippen LogP contribution is -2.43. The molecule has 1 aromatic heterocycles. The highest BCUT2D eigenvalue weighted by Crippen LogP contribution is 2.41. The molecular formula is C18H26N4O3. The highest BCUT2D eigenvalue weighted by atomic mass is 16.5. The highest BCUT2D eigenvalue weighted by molar-refractivity contribution is 5.94. The number of nitrogens with one attached hydrogen (secondary N) is 2. The van der Waals surface area contributed by atoms with E-state index in [4.69, 9.17) is 9.47 Å². The lowest BCUT2D eigenvalue weighted by atomic mass is 9.78. The van der Waals surface area contributed by atoms with E-state index in [0.717, 1.165) is 64.3 Å². The van der Waals surface area contributed by atoms with Crippen molar-refractivity contribution in [2.24, 2.45) is 5.41 Å². The molecule has 4 heterocycles. The van der Waals surface area contributed by atoms with Crippen LogP contribution in [0, 0.1) is 5.41 Å². The fourth-order valence-corrected chi connectivity index (χ4v) is 3.92. The van der Waals surface area contributed by atoms with E-state index in [-0.39, 0.29) is 17.4 Å². The van der Waals surface area contributed by atoms with Crippen molar-refractivity contribution in [2.45, 2.75) is 25.4 Å². The third-order valence-corrected chi connectivity index (χ3v) is 5.53. The normalized spacial score (nSPS) is 25.9. The number of hydrogen-bond donors (Lipinski definition) is 2. The van der Waals surface area contributed by atoms with Gasteiger partial charge in [0.2, 0.25) is 0 Å². The first-order chi connectivity index (χ1) is 12.2. The number of anilines is 2. The Morgan fingerprint density at radius 1 is 1.32 bits per heavy atom. The molecule has 1 aromatic rings. The number of carbonyl (C=O) groups excluding carboxylic acids is 1. The Bertz CT molecular complexity index is 612. The van der Waals surface area contributed by atoms with Crippen molar-refractivity contribution in [2.75, 3.05) is 56.2 Å². The van der Waals surface area contributed by atoms with Gasteiger partial charge in [-0.3, -0.25) is 4.79 Å². The van der Waals surface area contributed by atoms with Gasteiger partial charge >= 0.3 is 0 Å². The molecule has 7 nitrogen and oxygen atoms in total. The number of nitrogens with zero attached hydrogens (tertiary/aromatic N) is 2. The molecule has 2 N–H and O–H groups in total. The third-order valence-electron chi connectivity index (χ3n) is 5.53. The van der Waals surface area contributed by atoms with Crippen LogP contribution < -0.4 is 15.5 Å². The predicted molar refractivity (Wildman–Crippen MR) is 94.8 cm³/mol. The Labute approximate surface area is 148 Å². The van der Waals surface area contributed by atoms with Gasteiger partial charge in [-0.15, -0.1) is 0 Å². The fourth-order valence-electron chi connectivity index (χ4n) is 3.92. The molecule has 136 valence electrons. The van der Waals surface area contributed by atoms with Gasteiger partial charge in [-0.05, 0) is 25.3 Å². The first-order valence-corrected chi connectivity index (χ1v) is 9.16. The molecule has 0 radical (unpaired) electrons. The average Bonchev–Trinajstić information content (AvgIpc) is 3.07. The Balaban J connectivity index is 1.38. The number of hydrogen-bond acceptors (Lipinski definition) is 6. The summed E-state index contributed by atoms with van der Waals surface area (Å²) in [6.45, 7) is 6.08. The molecule has 3 saturated heterocycles. The predicted octanol–water partition coefficient (Wildman–Crippen LogP) is 1.02. The standard InChI is InChI=1S/C18H26N4O3/c23-17(15-12-18(13-25-15)2-9-24-10-3-18)21-16-11-14(1-4-20-16)22-7-5-19-6-8-22/h1,4,11,15,19H,2-3,5-10,12-13H2,(H,20,21,23). The zero-order valence-corrected chi connectivity index (χ0v) is 14.5. The number of carbonyl (C=O) groups is 1. The Hall–Kier alpha value is -1.70. The van der Waals surface area contributed by atoms with Crippen molar-refractivity contribution in [1.82, 2.24) is 10.3 Å². The summed E-state index contributed by atoms with van der Waals surface area (Å²) in [5, 5.41) is 6.28. The molecule has 3 fully saturated rings. The maximum Gasteiger partial charge on any atom is 0.254 e. The molecule has 25 heavy (non-hydrogen) atoms. The monoisotopic (exact) mass is 346 g/mol. The van der Waals surface area contributed by atoms with Gasteiger partial charge in [-0.2, -0.15) is 0 Å². The average molecular weight is 346 g/mol. The summed E-state index contributed by atoms with van der Waals surface area (Å²) in [4.78, 5) is 19.2. The van der Waals surface area contributed by atoms with Crippen LogP contribution in [0.5, 0.6) is 0 Å². The van der Waals surface area contributed by atoms with E-state index in [1.807, 2.05) is 12.1 Å². The van der Waals surface area contributed by atoms with Crippen LogP contribution in [0.2, 0.25) is 0 Å². The van der Waals surface area contributed by atoms with Crippen molar-refractivity contribution < 1.29 is 14.3 Å². The van der Waals surface area contributed by atoms with Gasteiger partial charge in [-0.25, -0.2) is 4.98 Å². The molecular weight excluding hydrogens is 320 g/mol. The molecule has 1 atom stereocenters. The molecule has 0 saturated carbocycles.